The van der Waals surface area contributed by atoms with E-state index in [9.17, 15) is 0 Å². The van der Waals surface area contributed by atoms with Crippen molar-refractivity contribution in [2.24, 2.45) is 0 Å². The molecular weight excluding hydrogens is 542 g/mol. The van der Waals surface area contributed by atoms with Gasteiger partial charge in [-0.1, -0.05) is 123 Å². The molecule has 0 amide bonds. The van der Waals surface area contributed by atoms with Crippen LogP contribution in [0.25, 0.3) is 11.6 Å². The molecule has 1 nitrogen and oxygen atoms in total. The minimum atomic E-state index is 0.240. The summed E-state index contributed by atoms with van der Waals surface area (Å²) in [6.45, 7) is 15.0. The van der Waals surface area contributed by atoms with Crippen LogP contribution in [0.2, 0.25) is 0 Å². The van der Waals surface area contributed by atoms with Crippen molar-refractivity contribution >= 4 is 11.6 Å². The summed E-state index contributed by atoms with van der Waals surface area (Å²) < 4.78 is 0. The van der Waals surface area contributed by atoms with Gasteiger partial charge in [0.15, 0.2) is 0 Å². The molecular formula is C44H47N. The summed E-state index contributed by atoms with van der Waals surface area (Å²) in [5, 5.41) is 0. The summed E-state index contributed by atoms with van der Waals surface area (Å²) in [5.41, 5.74) is 14.0. The first-order valence-electron chi connectivity index (χ1n) is 16.5. The molecule has 0 aliphatic heterocycles. The van der Waals surface area contributed by atoms with Crippen LogP contribution >= 0.6 is 0 Å². The summed E-state index contributed by atoms with van der Waals surface area (Å²) in [6.07, 6.45) is 39.2. The third-order valence-electron chi connectivity index (χ3n) is 9.30. The number of hydrogen-bond donors (Lipinski definition) is 0. The molecule has 0 radical (unpaired) electrons. The molecule has 1 aromatic heterocycles. The van der Waals surface area contributed by atoms with Gasteiger partial charge in [-0.2, -0.15) is 0 Å². The van der Waals surface area contributed by atoms with Gasteiger partial charge in [-0.05, 0) is 121 Å². The fourth-order valence-electron chi connectivity index (χ4n) is 6.57. The van der Waals surface area contributed by atoms with E-state index in [0.29, 0.717) is 5.92 Å². The monoisotopic (exact) mass is 589 g/mol. The highest BCUT2D eigenvalue weighted by Crippen LogP contribution is 2.39. The highest BCUT2D eigenvalue weighted by atomic mass is 14.7. The molecule has 0 fully saturated rings. The average molecular weight is 590 g/mol. The largest absolute Gasteiger partial charge is 0.257 e. The predicted molar refractivity (Wildman–Crippen MR) is 196 cm³/mol. The van der Waals surface area contributed by atoms with Crippen molar-refractivity contribution in [3.8, 4) is 0 Å². The van der Waals surface area contributed by atoms with Crippen molar-refractivity contribution in [3.05, 3.63) is 184 Å². The molecule has 2 atom stereocenters. The lowest BCUT2D eigenvalue weighted by atomic mass is 9.80. The number of pyridine rings is 1. The molecule has 0 bridgehead atoms. The summed E-state index contributed by atoms with van der Waals surface area (Å²) in [4.78, 5) is 4.81. The zero-order valence-electron chi connectivity index (χ0n) is 27.3. The molecule has 2 unspecified atom stereocenters. The first-order valence-corrected chi connectivity index (χ1v) is 16.5. The van der Waals surface area contributed by atoms with Crippen LogP contribution in [0.15, 0.2) is 157 Å². The molecule has 228 valence electrons. The summed E-state index contributed by atoms with van der Waals surface area (Å²) in [5.74, 6) is 0.629. The van der Waals surface area contributed by atoms with E-state index in [4.69, 9.17) is 4.98 Å². The van der Waals surface area contributed by atoms with Crippen molar-refractivity contribution in [2.45, 2.75) is 71.1 Å². The molecule has 0 saturated heterocycles. The smallest absolute Gasteiger partial charge is 0.0661 e. The second-order valence-electron chi connectivity index (χ2n) is 12.3. The van der Waals surface area contributed by atoms with E-state index < -0.39 is 0 Å². The van der Waals surface area contributed by atoms with Crippen LogP contribution in [-0.4, -0.2) is 4.98 Å². The molecule has 1 heterocycles. The Labute approximate surface area is 271 Å². The Hall–Kier alpha value is -4.49. The van der Waals surface area contributed by atoms with Crippen LogP contribution in [0.3, 0.4) is 0 Å². The first kappa shape index (κ1) is 31.9. The van der Waals surface area contributed by atoms with Gasteiger partial charge in [0.1, 0.15) is 0 Å². The van der Waals surface area contributed by atoms with Crippen LogP contribution in [0, 0.1) is 0 Å². The zero-order valence-corrected chi connectivity index (χ0v) is 27.3. The highest BCUT2D eigenvalue weighted by Gasteiger charge is 2.21. The van der Waals surface area contributed by atoms with Crippen LogP contribution in [-0.2, 0) is 6.42 Å². The van der Waals surface area contributed by atoms with Crippen molar-refractivity contribution in [2.75, 3.05) is 0 Å². The summed E-state index contributed by atoms with van der Waals surface area (Å²) in [6, 6.07) is 11.5. The van der Waals surface area contributed by atoms with E-state index in [2.05, 4.69) is 137 Å². The maximum absolute atomic E-state index is 4.81. The van der Waals surface area contributed by atoms with Gasteiger partial charge in [0.2, 0.25) is 0 Å². The summed E-state index contributed by atoms with van der Waals surface area (Å²) in [7, 11) is 0. The van der Waals surface area contributed by atoms with Gasteiger partial charge in [0, 0.05) is 18.0 Å². The van der Waals surface area contributed by atoms with Crippen LogP contribution in [0.4, 0.5) is 0 Å². The second-order valence-corrected chi connectivity index (χ2v) is 12.3. The van der Waals surface area contributed by atoms with E-state index in [1.54, 1.807) is 0 Å². The van der Waals surface area contributed by atoms with Crippen molar-refractivity contribution < 1.29 is 0 Å². The molecule has 1 heteroatoms. The number of aromatic nitrogens is 1. The summed E-state index contributed by atoms with van der Waals surface area (Å²) >= 11 is 0. The number of benzene rings is 1. The zero-order chi connectivity index (χ0) is 31.6. The normalized spacial score (nSPS) is 20.6. The number of allylic oxidation sites excluding steroid dienone is 19. The second kappa shape index (κ2) is 15.5. The lowest BCUT2D eigenvalue weighted by Gasteiger charge is -2.24. The van der Waals surface area contributed by atoms with E-state index in [1.165, 1.54) is 44.5 Å². The van der Waals surface area contributed by atoms with Crippen LogP contribution in [0.1, 0.15) is 92.7 Å². The minimum Gasteiger partial charge on any atom is -0.257 e. The van der Waals surface area contributed by atoms with E-state index in [1.807, 2.05) is 18.3 Å². The fourth-order valence-corrected chi connectivity index (χ4v) is 6.57. The Morgan fingerprint density at radius 2 is 1.82 bits per heavy atom. The lowest BCUT2D eigenvalue weighted by molar-refractivity contribution is 0.813. The molecule has 5 rings (SSSR count). The van der Waals surface area contributed by atoms with Gasteiger partial charge >= 0.3 is 0 Å². The Bertz CT molecular complexity index is 1700. The molecule has 0 N–H and O–H groups in total. The van der Waals surface area contributed by atoms with Crippen molar-refractivity contribution in [1.29, 1.82) is 0 Å². The molecule has 3 aliphatic rings. The van der Waals surface area contributed by atoms with Gasteiger partial charge in [0.05, 0.1) is 5.69 Å². The Balaban J connectivity index is 1.62. The molecule has 0 saturated carbocycles. The minimum absolute atomic E-state index is 0.240. The van der Waals surface area contributed by atoms with Gasteiger partial charge in [-0.15, -0.1) is 0 Å². The molecule has 3 aliphatic carbocycles. The number of fused-ring (bicyclic) bond motifs is 1. The van der Waals surface area contributed by atoms with Gasteiger partial charge in [0.25, 0.3) is 0 Å². The number of hydrogen-bond acceptors (Lipinski definition) is 1. The van der Waals surface area contributed by atoms with E-state index in [0.717, 1.165) is 55.4 Å². The van der Waals surface area contributed by atoms with E-state index >= 15 is 0 Å². The molecule has 1 aromatic carbocycles. The quantitative estimate of drug-likeness (QED) is 0.251. The Morgan fingerprint density at radius 3 is 2.58 bits per heavy atom. The fraction of sp³-hybridized carbons (Fsp3) is 0.250. The van der Waals surface area contributed by atoms with Gasteiger partial charge in [-0.25, -0.2) is 0 Å². The number of nitrogens with zero attached hydrogens (tertiary/aromatic N) is 1. The lowest BCUT2D eigenvalue weighted by Crippen LogP contribution is -2.06. The molecule has 2 aromatic rings. The van der Waals surface area contributed by atoms with Crippen molar-refractivity contribution in [1.82, 2.24) is 4.98 Å². The Kier molecular flexibility index (Phi) is 11.0. The van der Waals surface area contributed by atoms with Crippen LogP contribution in [0.5, 0.6) is 0 Å². The predicted octanol–water partition coefficient (Wildman–Crippen LogP) is 12.1. The topological polar surface area (TPSA) is 12.9 Å². The standard InChI is InChI=1S/C44H47N/c1-6-8-24-42(34(5)33(4)38-26-25-36-20-15-16-23-39(36)30-38)44(37-21-13-10-14-22-37)41(17-7-2)29-32(3)43-31-40(27-28-45-43)35-18-11-9-12-19-35/h6-9,11-13,16-18,21,23-31,33,35H,1-2,10,14-15,19-20,22H2,3-5H3/b24-8-,32-29+,41-17?,42-34-,44-37?. The number of rotatable bonds is 10. The first-order chi connectivity index (χ1) is 22.0. The molecule has 0 spiro atoms. The maximum Gasteiger partial charge on any atom is 0.0661 e. The Morgan fingerprint density at radius 1 is 0.956 bits per heavy atom. The average Bonchev–Trinajstić information content (AvgIpc) is 3.10. The SMILES string of the molecule is C=CC=C(/C=C(\C)c1cc(C2C=CC=CC2)ccn1)C(=C1C=CCCC1)C(/C=C\C=C)=C(/C)C(C)c1ccc2c(c1)C=CCC2. The third kappa shape index (κ3) is 7.78. The van der Waals surface area contributed by atoms with Crippen LogP contribution < -0.4 is 0 Å². The number of aryl methyl sites for hydroxylation is 1. The van der Waals surface area contributed by atoms with Gasteiger partial charge in [-0.3, -0.25) is 4.98 Å². The maximum atomic E-state index is 4.81. The van der Waals surface area contributed by atoms with Gasteiger partial charge < -0.3 is 0 Å². The van der Waals surface area contributed by atoms with Crippen molar-refractivity contribution in [3.63, 3.8) is 0 Å². The highest BCUT2D eigenvalue weighted by molar-refractivity contribution is 5.71. The van der Waals surface area contributed by atoms with E-state index in [-0.39, 0.29) is 5.92 Å². The third-order valence-corrected chi connectivity index (χ3v) is 9.30. The molecule has 45 heavy (non-hydrogen) atoms.